The monoisotopic (exact) mass is 604 g/mol. The Balaban J connectivity index is 0.000000177. The van der Waals surface area contributed by atoms with E-state index in [4.69, 9.17) is 30.4 Å². The van der Waals surface area contributed by atoms with Crippen molar-refractivity contribution < 1.29 is 39.4 Å². The van der Waals surface area contributed by atoms with Gasteiger partial charge in [-0.15, -0.1) is 13.2 Å². The van der Waals surface area contributed by atoms with Crippen molar-refractivity contribution in [2.45, 2.75) is 79.5 Å². The van der Waals surface area contributed by atoms with E-state index in [1.54, 1.807) is 0 Å². The molecule has 234 valence electrons. The molecule has 2 aromatic rings. The third kappa shape index (κ3) is 5.19. The Hall–Kier alpha value is -3.48. The highest BCUT2D eigenvalue weighted by molar-refractivity contribution is 5.25. The molecule has 4 aliphatic rings. The molecule has 1 spiro atoms. The summed E-state index contributed by atoms with van der Waals surface area (Å²) in [6.07, 6.45) is 3.33. The van der Waals surface area contributed by atoms with E-state index in [2.05, 4.69) is 23.1 Å². The number of fused-ring (bicyclic) bond motifs is 1. The number of hydrogen-bond donors (Lipinski definition) is 6. The summed E-state index contributed by atoms with van der Waals surface area (Å²) in [4.78, 5) is 31.1. The smallest absolute Gasteiger partial charge is 0.351 e. The van der Waals surface area contributed by atoms with E-state index < -0.39 is 71.8 Å². The topological polar surface area (TPSA) is 240 Å². The molecule has 0 amide bonds. The van der Waals surface area contributed by atoms with Gasteiger partial charge in [-0.1, -0.05) is 12.2 Å². The minimum absolute atomic E-state index is 0.0337. The summed E-state index contributed by atoms with van der Waals surface area (Å²) >= 11 is 0. The molecule has 0 bridgehead atoms. The number of aliphatic hydroxyl groups excluding tert-OH is 4. The quantitative estimate of drug-likeness (QED) is 0.202. The van der Waals surface area contributed by atoms with Crippen LogP contribution in [0, 0.1) is 0 Å². The van der Waals surface area contributed by atoms with E-state index in [-0.39, 0.29) is 18.2 Å². The molecule has 2 aromatic heterocycles. The fourth-order valence-electron chi connectivity index (χ4n) is 5.93. The van der Waals surface area contributed by atoms with Crippen molar-refractivity contribution in [3.05, 3.63) is 70.8 Å². The standard InChI is InChI=1S/C16H21N3O5.C11H15N3O5/c1-2-15(9-20)12-11(22-16(23-12)6-3-4-7-16)13(24-15)19-8-5-10(17)18-14(19)21;1-2-11(5-15)8(17)7(16)9(19-11)14-4-3-6(12)13-10(14)18/h2,5,8,11-13,20H,1,3-4,6-7,9H2,(H2,17,18,21);2-4,7-9,15-17H,1,5H2,(H2,12,13,18)/t11-,12+,13-,15-;7-,8+,9-,11-/m11/s1. The van der Waals surface area contributed by atoms with Crippen LogP contribution in [0.2, 0.25) is 0 Å². The van der Waals surface area contributed by atoms with Crippen molar-refractivity contribution in [3.63, 3.8) is 0 Å². The summed E-state index contributed by atoms with van der Waals surface area (Å²) in [5.74, 6) is -0.490. The lowest BCUT2D eigenvalue weighted by Gasteiger charge is -2.32. The number of hydrogen-bond acceptors (Lipinski definition) is 14. The number of aromatic nitrogens is 4. The molecule has 3 aliphatic heterocycles. The molecule has 0 unspecified atom stereocenters. The minimum atomic E-state index is -1.52. The zero-order valence-corrected chi connectivity index (χ0v) is 23.3. The molecule has 1 aliphatic carbocycles. The van der Waals surface area contributed by atoms with Crippen molar-refractivity contribution in [2.75, 3.05) is 24.7 Å². The number of nitrogens with two attached hydrogens (primary N) is 2. The van der Waals surface area contributed by atoms with Crippen molar-refractivity contribution in [1.29, 1.82) is 0 Å². The minimum Gasteiger partial charge on any atom is -0.393 e. The maximum absolute atomic E-state index is 12.2. The molecule has 0 radical (unpaired) electrons. The summed E-state index contributed by atoms with van der Waals surface area (Å²) in [7, 11) is 0. The summed E-state index contributed by atoms with van der Waals surface area (Å²) in [5.41, 5.74) is 7.01. The molecule has 4 fully saturated rings. The van der Waals surface area contributed by atoms with Gasteiger partial charge in [-0.25, -0.2) is 9.59 Å². The van der Waals surface area contributed by atoms with E-state index in [9.17, 15) is 30.0 Å². The van der Waals surface area contributed by atoms with Gasteiger partial charge in [-0.05, 0) is 25.0 Å². The van der Waals surface area contributed by atoms with Crippen LogP contribution in [-0.4, -0.2) is 94.1 Å². The molecule has 5 heterocycles. The van der Waals surface area contributed by atoms with E-state index in [1.165, 1.54) is 41.2 Å². The maximum atomic E-state index is 12.2. The molecule has 43 heavy (non-hydrogen) atoms. The zero-order chi connectivity index (χ0) is 31.2. The first-order valence-electron chi connectivity index (χ1n) is 13.7. The van der Waals surface area contributed by atoms with Gasteiger partial charge in [-0.3, -0.25) is 9.13 Å². The Morgan fingerprint density at radius 2 is 1.37 bits per heavy atom. The first-order valence-corrected chi connectivity index (χ1v) is 13.7. The Morgan fingerprint density at radius 3 is 1.84 bits per heavy atom. The predicted molar refractivity (Wildman–Crippen MR) is 149 cm³/mol. The average Bonchev–Trinajstić information content (AvgIpc) is 3.74. The second-order valence-corrected chi connectivity index (χ2v) is 10.9. The lowest BCUT2D eigenvalue weighted by molar-refractivity contribution is -0.229. The zero-order valence-electron chi connectivity index (χ0n) is 23.3. The van der Waals surface area contributed by atoms with Crippen LogP contribution in [0.1, 0.15) is 38.1 Å². The van der Waals surface area contributed by atoms with E-state index in [1.807, 2.05) is 0 Å². The van der Waals surface area contributed by atoms with Crippen molar-refractivity contribution in [3.8, 4) is 0 Å². The molecule has 16 heteroatoms. The van der Waals surface area contributed by atoms with Crippen LogP contribution in [0.25, 0.3) is 0 Å². The van der Waals surface area contributed by atoms with Crippen molar-refractivity contribution in [2.24, 2.45) is 0 Å². The van der Waals surface area contributed by atoms with Crippen LogP contribution in [0.5, 0.6) is 0 Å². The number of nitrogen functional groups attached to an aromatic ring is 2. The molecule has 16 nitrogen and oxygen atoms in total. The van der Waals surface area contributed by atoms with Crippen LogP contribution in [0.15, 0.2) is 59.4 Å². The Labute approximate surface area is 245 Å². The SMILES string of the molecule is C=C[C@]1(CO)O[C@@H](n2ccc(N)nc2=O)[C@@H]2OC3(CCCC3)O[C@@H]21.C=C[C@]1(CO)O[C@@H](n2ccc(N)nc2=O)[C@H](O)[C@@H]1O. The van der Waals surface area contributed by atoms with Crippen LogP contribution in [0.3, 0.4) is 0 Å². The first kappa shape index (κ1) is 31.0. The summed E-state index contributed by atoms with van der Waals surface area (Å²) in [6.45, 7) is 6.34. The fraction of sp³-hybridized carbons (Fsp3) is 0.556. The molecule has 6 rings (SSSR count). The van der Waals surface area contributed by atoms with E-state index in [0.717, 1.165) is 30.3 Å². The second-order valence-electron chi connectivity index (χ2n) is 10.9. The van der Waals surface area contributed by atoms with Gasteiger partial charge in [0, 0.05) is 25.2 Å². The van der Waals surface area contributed by atoms with Gasteiger partial charge < -0.3 is 50.8 Å². The number of aliphatic hydroxyl groups is 4. The predicted octanol–water partition coefficient (Wildman–Crippen LogP) is -1.68. The number of rotatable bonds is 6. The van der Waals surface area contributed by atoms with Gasteiger partial charge >= 0.3 is 11.4 Å². The van der Waals surface area contributed by atoms with Gasteiger partial charge in [0.05, 0.1) is 13.2 Å². The lowest BCUT2D eigenvalue weighted by Crippen LogP contribution is -2.45. The second kappa shape index (κ2) is 11.5. The summed E-state index contributed by atoms with van der Waals surface area (Å²) in [5, 5.41) is 39.1. The lowest BCUT2D eigenvalue weighted by atomic mass is 9.96. The van der Waals surface area contributed by atoms with E-state index in [0.29, 0.717) is 0 Å². The summed E-state index contributed by atoms with van der Waals surface area (Å²) < 4.78 is 26.1. The highest BCUT2D eigenvalue weighted by Crippen LogP contribution is 2.52. The highest BCUT2D eigenvalue weighted by atomic mass is 16.8. The molecule has 0 aromatic carbocycles. The first-order chi connectivity index (χ1) is 20.5. The summed E-state index contributed by atoms with van der Waals surface area (Å²) in [6, 6.07) is 2.88. The Kier molecular flexibility index (Phi) is 8.32. The Bertz CT molecular complexity index is 1480. The van der Waals surface area contributed by atoms with Crippen LogP contribution >= 0.6 is 0 Å². The largest absolute Gasteiger partial charge is 0.393 e. The van der Waals surface area contributed by atoms with Gasteiger partial charge in [0.2, 0.25) is 0 Å². The van der Waals surface area contributed by atoms with Gasteiger partial charge in [0.1, 0.15) is 47.3 Å². The maximum Gasteiger partial charge on any atom is 0.351 e. The molecule has 1 saturated carbocycles. The van der Waals surface area contributed by atoms with Gasteiger partial charge in [0.15, 0.2) is 18.2 Å². The molecule has 8 N–H and O–H groups in total. The van der Waals surface area contributed by atoms with Crippen LogP contribution < -0.4 is 22.8 Å². The molecule has 8 atom stereocenters. The van der Waals surface area contributed by atoms with Crippen molar-refractivity contribution >= 4 is 11.6 Å². The fourth-order valence-corrected chi connectivity index (χ4v) is 5.93. The Morgan fingerprint density at radius 1 is 0.860 bits per heavy atom. The highest BCUT2D eigenvalue weighted by Gasteiger charge is 2.64. The number of nitrogens with zero attached hydrogens (tertiary/aromatic N) is 4. The van der Waals surface area contributed by atoms with Gasteiger partial charge in [0.25, 0.3) is 0 Å². The normalized spacial score (nSPS) is 35.8. The van der Waals surface area contributed by atoms with Crippen LogP contribution in [-0.2, 0) is 18.9 Å². The third-order valence-electron chi connectivity index (χ3n) is 8.35. The molecule has 3 saturated heterocycles. The average molecular weight is 605 g/mol. The van der Waals surface area contributed by atoms with Gasteiger partial charge in [-0.2, -0.15) is 9.97 Å². The number of anilines is 2. The van der Waals surface area contributed by atoms with Crippen LogP contribution in [0.4, 0.5) is 11.6 Å². The molecular formula is C27H36N6O10. The molecular weight excluding hydrogens is 568 g/mol. The van der Waals surface area contributed by atoms with Crippen molar-refractivity contribution in [1.82, 2.24) is 19.1 Å². The third-order valence-corrected chi connectivity index (χ3v) is 8.35. The number of ether oxygens (including phenoxy) is 4. The van der Waals surface area contributed by atoms with E-state index >= 15 is 0 Å².